The van der Waals surface area contributed by atoms with Crippen LogP contribution in [0.5, 0.6) is 0 Å². The van der Waals surface area contributed by atoms with Crippen LogP contribution in [0.15, 0.2) is 152 Å². The fourth-order valence-corrected chi connectivity index (χ4v) is 6.81. The van der Waals surface area contributed by atoms with Gasteiger partial charge in [-0.2, -0.15) is 0 Å². The first-order valence-electron chi connectivity index (χ1n) is 15.5. The smallest absolute Gasteiger partial charge is 0.0730 e. The Morgan fingerprint density at radius 1 is 0.413 bits per heavy atom. The number of fused-ring (bicyclic) bond motifs is 2. The predicted molar refractivity (Wildman–Crippen MR) is 186 cm³/mol. The van der Waals surface area contributed by atoms with E-state index in [1.54, 1.807) is 0 Å². The summed E-state index contributed by atoms with van der Waals surface area (Å²) in [5.74, 6) is 0. The highest BCUT2D eigenvalue weighted by Gasteiger charge is 2.38. The molecule has 0 radical (unpaired) electrons. The van der Waals surface area contributed by atoms with Gasteiger partial charge in [0.25, 0.3) is 0 Å². The molecule has 0 spiro atoms. The number of rotatable bonds is 5. The van der Waals surface area contributed by atoms with Crippen molar-refractivity contribution >= 4 is 17.1 Å². The van der Waals surface area contributed by atoms with E-state index in [1.165, 1.54) is 11.1 Å². The van der Waals surface area contributed by atoms with Gasteiger partial charge in [0.2, 0.25) is 0 Å². The highest BCUT2D eigenvalue weighted by molar-refractivity contribution is 6.07. The fourth-order valence-electron chi connectivity index (χ4n) is 6.81. The van der Waals surface area contributed by atoms with Crippen molar-refractivity contribution in [2.45, 2.75) is 19.3 Å². The average Bonchev–Trinajstić information content (AvgIpc) is 3.13. The van der Waals surface area contributed by atoms with Gasteiger partial charge >= 0.3 is 0 Å². The number of pyridine rings is 4. The first kappa shape index (κ1) is 27.6. The molecule has 1 aliphatic heterocycles. The molecule has 0 amide bonds. The van der Waals surface area contributed by atoms with Crippen LogP contribution < -0.4 is 4.90 Å². The predicted octanol–water partition coefficient (Wildman–Crippen LogP) is 10.0. The summed E-state index contributed by atoms with van der Waals surface area (Å²) in [6, 6.07) is 44.0. The van der Waals surface area contributed by atoms with E-state index in [0.29, 0.717) is 0 Å². The largest absolute Gasteiger partial charge is 0.309 e. The molecule has 3 aromatic carbocycles. The lowest BCUT2D eigenvalue weighted by molar-refractivity contribution is 0.632. The lowest BCUT2D eigenvalue weighted by Crippen LogP contribution is -2.30. The van der Waals surface area contributed by atoms with Gasteiger partial charge in [0, 0.05) is 52.5 Å². The standard InChI is InChI=1S/C41H31N5/c1-41(2)29-15-3-5-21-35(29)46(36-22-6-4-16-30(36)41)37-27-28(31-17-7-11-23-42-31)38(32-18-8-12-24-43-32)40(34-20-10-14-26-45-34)39(37)33-19-9-13-25-44-33/h3-27H,1-2H3. The second-order valence-corrected chi connectivity index (χ2v) is 11.9. The quantitative estimate of drug-likeness (QED) is 0.199. The zero-order valence-electron chi connectivity index (χ0n) is 25.7. The van der Waals surface area contributed by atoms with Crippen molar-refractivity contribution in [1.29, 1.82) is 0 Å². The third kappa shape index (κ3) is 4.48. The van der Waals surface area contributed by atoms with E-state index < -0.39 is 0 Å². The maximum Gasteiger partial charge on any atom is 0.0730 e. The van der Waals surface area contributed by atoms with Gasteiger partial charge in [0.15, 0.2) is 0 Å². The Balaban J connectivity index is 1.60. The van der Waals surface area contributed by atoms with Gasteiger partial charge in [-0.1, -0.05) is 74.5 Å². The van der Waals surface area contributed by atoms with Gasteiger partial charge in [-0.25, -0.2) is 0 Å². The molecule has 0 unspecified atom stereocenters. The SMILES string of the molecule is CC1(C)c2ccccc2N(c2cc(-c3ccccn3)c(-c3ccccn3)c(-c3ccccn3)c2-c2ccccn2)c2ccccc21. The highest BCUT2D eigenvalue weighted by Crippen LogP contribution is 2.56. The lowest BCUT2D eigenvalue weighted by Gasteiger charge is -2.43. The van der Waals surface area contributed by atoms with Crippen LogP contribution in [0.2, 0.25) is 0 Å². The van der Waals surface area contributed by atoms with Crippen molar-refractivity contribution in [2.75, 3.05) is 4.90 Å². The molecule has 0 saturated heterocycles. The Kier molecular flexibility index (Phi) is 6.72. The summed E-state index contributed by atoms with van der Waals surface area (Å²) in [5.41, 5.74) is 12.8. The van der Waals surface area contributed by atoms with Crippen LogP contribution in [-0.2, 0) is 5.41 Å². The molecule has 5 heteroatoms. The third-order valence-corrected chi connectivity index (χ3v) is 8.89. The molecule has 5 nitrogen and oxygen atoms in total. The monoisotopic (exact) mass is 593 g/mol. The summed E-state index contributed by atoms with van der Waals surface area (Å²) >= 11 is 0. The Morgan fingerprint density at radius 2 is 0.826 bits per heavy atom. The molecule has 7 aromatic rings. The van der Waals surface area contributed by atoms with Gasteiger partial charge in [-0.3, -0.25) is 19.9 Å². The minimum absolute atomic E-state index is 0.198. The van der Waals surface area contributed by atoms with E-state index in [0.717, 1.165) is 62.1 Å². The Hall–Kier alpha value is -5.94. The van der Waals surface area contributed by atoms with Gasteiger partial charge < -0.3 is 4.90 Å². The number of hydrogen-bond acceptors (Lipinski definition) is 5. The number of para-hydroxylation sites is 2. The van der Waals surface area contributed by atoms with E-state index in [9.17, 15) is 0 Å². The summed E-state index contributed by atoms with van der Waals surface area (Å²) in [4.78, 5) is 22.1. The Labute approximate surface area is 269 Å². The molecule has 1 aliphatic rings. The van der Waals surface area contributed by atoms with Crippen LogP contribution in [0, 0.1) is 0 Å². The molecule has 0 N–H and O–H groups in total. The van der Waals surface area contributed by atoms with Crippen LogP contribution in [-0.4, -0.2) is 19.9 Å². The molecule has 0 fully saturated rings. The van der Waals surface area contributed by atoms with E-state index in [2.05, 4.69) is 97.6 Å². The summed E-state index contributed by atoms with van der Waals surface area (Å²) in [6.45, 7) is 4.62. The molecular weight excluding hydrogens is 562 g/mol. The van der Waals surface area contributed by atoms with Crippen molar-refractivity contribution in [3.8, 4) is 45.0 Å². The van der Waals surface area contributed by atoms with Gasteiger partial charge in [-0.15, -0.1) is 0 Å². The maximum absolute atomic E-state index is 4.98. The van der Waals surface area contributed by atoms with Crippen molar-refractivity contribution in [2.24, 2.45) is 0 Å². The highest BCUT2D eigenvalue weighted by atomic mass is 15.2. The molecular formula is C41H31N5. The van der Waals surface area contributed by atoms with Crippen LogP contribution >= 0.6 is 0 Å². The number of hydrogen-bond donors (Lipinski definition) is 0. The van der Waals surface area contributed by atoms with Gasteiger partial charge in [0.05, 0.1) is 39.8 Å². The minimum atomic E-state index is -0.198. The van der Waals surface area contributed by atoms with Gasteiger partial charge in [0.1, 0.15) is 0 Å². The van der Waals surface area contributed by atoms with E-state index in [4.69, 9.17) is 19.9 Å². The molecule has 46 heavy (non-hydrogen) atoms. The number of benzene rings is 3. The number of anilines is 3. The van der Waals surface area contributed by atoms with Gasteiger partial charge in [-0.05, 0) is 77.9 Å². The summed E-state index contributed by atoms with van der Waals surface area (Å²) in [5, 5.41) is 0. The zero-order valence-corrected chi connectivity index (χ0v) is 25.7. The van der Waals surface area contributed by atoms with Crippen molar-refractivity contribution < 1.29 is 0 Å². The average molecular weight is 594 g/mol. The maximum atomic E-state index is 4.98. The molecule has 0 aliphatic carbocycles. The minimum Gasteiger partial charge on any atom is -0.309 e. The van der Waals surface area contributed by atoms with Crippen LogP contribution in [0.1, 0.15) is 25.0 Å². The molecule has 8 rings (SSSR count). The molecule has 0 saturated carbocycles. The summed E-state index contributed by atoms with van der Waals surface area (Å²) in [7, 11) is 0. The van der Waals surface area contributed by atoms with E-state index >= 15 is 0 Å². The Bertz CT molecular complexity index is 2110. The normalized spacial score (nSPS) is 13.1. The van der Waals surface area contributed by atoms with Crippen molar-refractivity contribution in [1.82, 2.24) is 19.9 Å². The number of nitrogens with zero attached hydrogens (tertiary/aromatic N) is 5. The van der Waals surface area contributed by atoms with Crippen LogP contribution in [0.25, 0.3) is 45.0 Å². The molecule has 220 valence electrons. The number of aromatic nitrogens is 4. The molecule has 4 aromatic heterocycles. The first-order chi connectivity index (χ1) is 22.6. The second kappa shape index (κ2) is 11.2. The van der Waals surface area contributed by atoms with E-state index in [-0.39, 0.29) is 5.41 Å². The second-order valence-electron chi connectivity index (χ2n) is 11.9. The zero-order chi connectivity index (χ0) is 31.1. The van der Waals surface area contributed by atoms with Crippen molar-refractivity contribution in [3.63, 3.8) is 0 Å². The Morgan fingerprint density at radius 3 is 1.30 bits per heavy atom. The molecule has 0 bridgehead atoms. The van der Waals surface area contributed by atoms with Crippen molar-refractivity contribution in [3.05, 3.63) is 163 Å². The topological polar surface area (TPSA) is 54.8 Å². The van der Waals surface area contributed by atoms with Crippen LogP contribution in [0.4, 0.5) is 17.1 Å². The summed E-state index contributed by atoms with van der Waals surface area (Å²) in [6.07, 6.45) is 7.39. The summed E-state index contributed by atoms with van der Waals surface area (Å²) < 4.78 is 0. The van der Waals surface area contributed by atoms with Crippen LogP contribution in [0.3, 0.4) is 0 Å². The molecule has 5 heterocycles. The lowest BCUT2D eigenvalue weighted by atomic mass is 9.73. The third-order valence-electron chi connectivity index (χ3n) is 8.89. The van der Waals surface area contributed by atoms with E-state index in [1.807, 2.05) is 73.3 Å². The molecule has 0 atom stereocenters. The fraction of sp³-hybridized carbons (Fsp3) is 0.0732. The first-order valence-corrected chi connectivity index (χ1v) is 15.5.